The zero-order chi connectivity index (χ0) is 36.0. The van der Waals surface area contributed by atoms with E-state index in [0.717, 1.165) is 62.1 Å². The number of aromatic nitrogens is 2. The van der Waals surface area contributed by atoms with Crippen LogP contribution in [0.25, 0.3) is 32.1 Å². The van der Waals surface area contributed by atoms with Gasteiger partial charge in [-0.25, -0.2) is 13.6 Å². The van der Waals surface area contributed by atoms with Crippen LogP contribution in [0.5, 0.6) is 6.01 Å². The van der Waals surface area contributed by atoms with Gasteiger partial charge in [0.05, 0.1) is 32.9 Å². The van der Waals surface area contributed by atoms with Crippen molar-refractivity contribution in [3.63, 3.8) is 0 Å². The number of nitriles is 1. The number of halogens is 3. The van der Waals surface area contributed by atoms with E-state index in [2.05, 4.69) is 27.4 Å². The van der Waals surface area contributed by atoms with Gasteiger partial charge in [0.15, 0.2) is 5.82 Å². The molecule has 2 aromatic heterocycles. The maximum atomic E-state index is 17.2. The van der Waals surface area contributed by atoms with Crippen LogP contribution in [0.3, 0.4) is 0 Å². The molecule has 0 N–H and O–H groups in total. The van der Waals surface area contributed by atoms with Crippen LogP contribution < -0.4 is 9.64 Å². The summed E-state index contributed by atoms with van der Waals surface area (Å²) in [5, 5.41) is 10.8. The molecule has 0 radical (unpaired) electrons. The number of amides is 1. The number of hydrogen-bond acceptors (Lipinski definition) is 9. The lowest BCUT2D eigenvalue weighted by Gasteiger charge is -2.42. The monoisotopic (exact) mass is 732 g/mol. The minimum absolute atomic E-state index is 0.0101. The number of rotatable bonds is 5. The third kappa shape index (κ3) is 5.69. The van der Waals surface area contributed by atoms with Gasteiger partial charge in [-0.3, -0.25) is 9.80 Å². The van der Waals surface area contributed by atoms with E-state index in [4.69, 9.17) is 26.1 Å². The second-order valence-corrected chi connectivity index (χ2v) is 17.0. The van der Waals surface area contributed by atoms with Gasteiger partial charge in [0.2, 0.25) is 0 Å². The van der Waals surface area contributed by atoms with Crippen LogP contribution in [0.15, 0.2) is 30.4 Å². The van der Waals surface area contributed by atoms with Crippen molar-refractivity contribution < 1.29 is 23.0 Å². The van der Waals surface area contributed by atoms with Gasteiger partial charge >= 0.3 is 12.1 Å². The van der Waals surface area contributed by atoms with Gasteiger partial charge in [0, 0.05) is 40.8 Å². The lowest BCUT2D eigenvalue weighted by molar-refractivity contribution is 0.0122. The Hall–Kier alpha value is -4.05. The molecule has 6 heterocycles. The summed E-state index contributed by atoms with van der Waals surface area (Å²) in [5.41, 5.74) is 0.963. The predicted molar refractivity (Wildman–Crippen MR) is 195 cm³/mol. The van der Waals surface area contributed by atoms with Crippen molar-refractivity contribution in [2.75, 3.05) is 37.7 Å². The van der Waals surface area contributed by atoms with Crippen molar-refractivity contribution in [3.05, 3.63) is 57.4 Å². The highest BCUT2D eigenvalue weighted by molar-refractivity contribution is 7.19. The lowest BCUT2D eigenvalue weighted by atomic mass is 9.94. The largest absolute Gasteiger partial charge is 0.461 e. The third-order valence-electron chi connectivity index (χ3n) is 10.8. The summed E-state index contributed by atoms with van der Waals surface area (Å²) in [4.78, 5) is 29.8. The standard InChI is InChI=1S/C38H39ClF2N6O3S/c1-20-14-38(11-6-12-46(38)16-20)19-49-35-43-32-25(34(44-35)45-17-22-7-8-23(18-45)47(22)36(48)50-37(3,4)5)13-27(39)30(31(32)41)24-9-10-28(40)33-29(24)26(15-42)21(2)51-33/h9-10,13,22-23H,1,6-8,11-12,14,16-19H2,2-5H3/t22?,23?,38-/m0/s1. The second-order valence-electron chi connectivity index (χ2n) is 15.4. The number of benzene rings is 2. The van der Waals surface area contributed by atoms with Crippen molar-refractivity contribution in [1.82, 2.24) is 19.8 Å². The fourth-order valence-electron chi connectivity index (χ4n) is 8.68. The molecule has 4 fully saturated rings. The first-order chi connectivity index (χ1) is 24.3. The summed E-state index contributed by atoms with van der Waals surface area (Å²) in [7, 11) is 0. The molecule has 4 aromatic rings. The van der Waals surface area contributed by atoms with Crippen LogP contribution in [-0.4, -0.2) is 81.9 Å². The molecule has 0 spiro atoms. The molecule has 266 valence electrons. The van der Waals surface area contributed by atoms with E-state index in [1.54, 1.807) is 13.0 Å². The third-order valence-corrected chi connectivity index (χ3v) is 12.2. The fourth-order valence-corrected chi connectivity index (χ4v) is 10.0. The smallest absolute Gasteiger partial charge is 0.410 e. The molecule has 9 nitrogen and oxygen atoms in total. The van der Waals surface area contributed by atoms with E-state index < -0.39 is 17.2 Å². The van der Waals surface area contributed by atoms with Gasteiger partial charge in [-0.15, -0.1) is 11.3 Å². The molecular formula is C38H39ClF2N6O3S. The minimum Gasteiger partial charge on any atom is -0.461 e. The van der Waals surface area contributed by atoms with Gasteiger partial charge in [-0.2, -0.15) is 15.2 Å². The second kappa shape index (κ2) is 12.3. The van der Waals surface area contributed by atoms with Crippen LogP contribution >= 0.6 is 22.9 Å². The average molecular weight is 733 g/mol. The van der Waals surface area contributed by atoms with Crippen molar-refractivity contribution >= 4 is 55.8 Å². The van der Waals surface area contributed by atoms with Crippen molar-refractivity contribution in [2.45, 2.75) is 83.0 Å². The molecule has 0 saturated carbocycles. The summed E-state index contributed by atoms with van der Waals surface area (Å²) in [6.07, 6.45) is 4.10. The first kappa shape index (κ1) is 34.1. The number of carbonyl (C=O) groups is 1. The summed E-state index contributed by atoms with van der Waals surface area (Å²) in [5.74, 6) is -0.735. The minimum atomic E-state index is -0.711. The molecule has 2 aromatic carbocycles. The Morgan fingerprint density at radius 2 is 1.96 bits per heavy atom. The normalized spacial score (nSPS) is 23.4. The molecule has 4 saturated heterocycles. The highest BCUT2D eigenvalue weighted by Crippen LogP contribution is 2.46. The Morgan fingerprint density at radius 1 is 1.22 bits per heavy atom. The molecule has 51 heavy (non-hydrogen) atoms. The Kier molecular flexibility index (Phi) is 8.20. The highest BCUT2D eigenvalue weighted by atomic mass is 35.5. The summed E-state index contributed by atoms with van der Waals surface area (Å²) >= 11 is 8.10. The summed E-state index contributed by atoms with van der Waals surface area (Å²) in [6.45, 7) is 14.6. The van der Waals surface area contributed by atoms with Gasteiger partial charge in [-0.1, -0.05) is 29.8 Å². The number of fused-ring (bicyclic) bond motifs is 5. The van der Waals surface area contributed by atoms with E-state index in [0.29, 0.717) is 46.7 Å². The molecule has 3 atom stereocenters. The van der Waals surface area contributed by atoms with Crippen molar-refractivity contribution in [3.8, 4) is 23.2 Å². The number of anilines is 1. The molecule has 0 aliphatic carbocycles. The number of piperazine rings is 1. The van der Waals surface area contributed by atoms with Crippen LogP contribution in [-0.2, 0) is 4.74 Å². The van der Waals surface area contributed by atoms with Crippen LogP contribution in [0.4, 0.5) is 19.4 Å². The number of nitrogens with zero attached hydrogens (tertiary/aromatic N) is 6. The molecule has 8 rings (SSSR count). The van der Waals surface area contributed by atoms with Gasteiger partial charge < -0.3 is 14.4 Å². The highest BCUT2D eigenvalue weighted by Gasteiger charge is 2.47. The maximum Gasteiger partial charge on any atom is 0.410 e. The molecule has 4 aliphatic heterocycles. The van der Waals surface area contributed by atoms with Gasteiger partial charge in [-0.05, 0) is 84.0 Å². The molecule has 4 aliphatic rings. The molecule has 13 heteroatoms. The Morgan fingerprint density at radius 3 is 2.67 bits per heavy atom. The number of carbonyl (C=O) groups excluding carboxylic acids is 1. The number of hydrogen-bond donors (Lipinski definition) is 0. The summed E-state index contributed by atoms with van der Waals surface area (Å²) in [6, 6.07) is 6.36. The van der Waals surface area contributed by atoms with E-state index >= 15 is 8.78 Å². The SMILES string of the molecule is C=C1CN2CCC[C@@]2(COc2nc(N3CC4CCC(C3)N4C(=O)OC(C)(C)C)c3cc(Cl)c(-c4ccc(F)c5sc(C)c(C#N)c45)c(F)c3n2)C1. The number of thiophene rings is 1. The predicted octanol–water partition coefficient (Wildman–Crippen LogP) is 8.38. The quantitative estimate of drug-likeness (QED) is 0.189. The van der Waals surface area contributed by atoms with Crippen molar-refractivity contribution in [2.24, 2.45) is 0 Å². The topological polar surface area (TPSA) is 94.8 Å². The lowest BCUT2D eigenvalue weighted by Crippen LogP contribution is -2.57. The van der Waals surface area contributed by atoms with Crippen LogP contribution in [0.1, 0.15) is 63.3 Å². The first-order valence-corrected chi connectivity index (χ1v) is 18.6. The summed E-state index contributed by atoms with van der Waals surface area (Å²) < 4.78 is 44.7. The number of ether oxygens (including phenoxy) is 2. The maximum absolute atomic E-state index is 17.2. The zero-order valence-corrected chi connectivity index (χ0v) is 30.7. The van der Waals surface area contributed by atoms with E-state index in [9.17, 15) is 10.1 Å². The molecule has 1 amide bonds. The molecular weight excluding hydrogens is 694 g/mol. The zero-order valence-electron chi connectivity index (χ0n) is 29.1. The van der Waals surface area contributed by atoms with Gasteiger partial charge in [0.1, 0.15) is 35.4 Å². The average Bonchev–Trinajstić information content (AvgIpc) is 3.78. The van der Waals surface area contributed by atoms with E-state index in [1.165, 1.54) is 12.1 Å². The molecule has 2 unspecified atom stereocenters. The van der Waals surface area contributed by atoms with Gasteiger partial charge in [0.25, 0.3) is 0 Å². The number of aryl methyl sites for hydroxylation is 1. The van der Waals surface area contributed by atoms with E-state index in [-0.39, 0.29) is 56.1 Å². The van der Waals surface area contributed by atoms with Crippen LogP contribution in [0, 0.1) is 29.9 Å². The molecule has 2 bridgehead atoms. The first-order valence-electron chi connectivity index (χ1n) is 17.4. The van der Waals surface area contributed by atoms with Crippen LogP contribution in [0.2, 0.25) is 5.02 Å². The fraction of sp³-hybridized carbons (Fsp3) is 0.474. The van der Waals surface area contributed by atoms with Crippen molar-refractivity contribution in [1.29, 1.82) is 5.26 Å². The Balaban J connectivity index is 1.24. The van der Waals surface area contributed by atoms with E-state index in [1.807, 2.05) is 25.7 Å². The Bertz CT molecular complexity index is 2170. The Labute approximate surface area is 304 Å².